The van der Waals surface area contributed by atoms with Gasteiger partial charge < -0.3 is 24.3 Å². The normalized spacial score (nSPS) is 23.8. The van der Waals surface area contributed by atoms with Crippen LogP contribution in [0.15, 0.2) is 24.8 Å². The SMILES string of the molecule is OC(Nc1cn2cc(-c3c(Cl)c(F)c(C4COCCO4)c4[nH]ncc34)ncc2n1)[C@@H]1C[C@@H]1F. The van der Waals surface area contributed by atoms with Gasteiger partial charge >= 0.3 is 0 Å². The van der Waals surface area contributed by atoms with Gasteiger partial charge in [-0.1, -0.05) is 11.6 Å². The Labute approximate surface area is 190 Å². The fourth-order valence-corrected chi connectivity index (χ4v) is 4.51. The van der Waals surface area contributed by atoms with E-state index in [0.717, 1.165) is 0 Å². The van der Waals surface area contributed by atoms with Crippen LogP contribution in [-0.2, 0) is 9.47 Å². The first kappa shape index (κ1) is 20.7. The van der Waals surface area contributed by atoms with Crippen molar-refractivity contribution < 1.29 is 23.4 Å². The highest BCUT2D eigenvalue weighted by Gasteiger charge is 2.43. The van der Waals surface area contributed by atoms with Crippen LogP contribution in [0.5, 0.6) is 0 Å². The van der Waals surface area contributed by atoms with Crippen LogP contribution in [0.3, 0.4) is 0 Å². The van der Waals surface area contributed by atoms with Gasteiger partial charge in [0.1, 0.15) is 24.3 Å². The number of halogens is 3. The summed E-state index contributed by atoms with van der Waals surface area (Å²) in [5, 5.41) is 20.3. The highest BCUT2D eigenvalue weighted by atomic mass is 35.5. The molecular formula is C21H19ClF2N6O3. The monoisotopic (exact) mass is 476 g/mol. The number of alkyl halides is 1. The van der Waals surface area contributed by atoms with Gasteiger partial charge in [0, 0.05) is 28.6 Å². The van der Waals surface area contributed by atoms with Crippen molar-refractivity contribution in [2.45, 2.75) is 24.9 Å². The number of anilines is 1. The Kier molecular flexibility index (Phi) is 4.94. The molecule has 0 spiro atoms. The number of benzene rings is 1. The van der Waals surface area contributed by atoms with Gasteiger partial charge in [-0.15, -0.1) is 0 Å². The number of nitrogens with one attached hydrogen (secondary N) is 2. The Morgan fingerprint density at radius 1 is 1.30 bits per heavy atom. The zero-order valence-electron chi connectivity index (χ0n) is 17.1. The third-order valence-corrected chi connectivity index (χ3v) is 6.38. The maximum absolute atomic E-state index is 15.5. The predicted octanol–water partition coefficient (Wildman–Crippen LogP) is 3.24. The molecule has 33 heavy (non-hydrogen) atoms. The van der Waals surface area contributed by atoms with Crippen molar-refractivity contribution in [2.24, 2.45) is 5.92 Å². The number of aromatic nitrogens is 5. The zero-order valence-corrected chi connectivity index (χ0v) is 17.9. The third-order valence-electron chi connectivity index (χ3n) is 6.02. The summed E-state index contributed by atoms with van der Waals surface area (Å²) in [5.74, 6) is -0.685. The summed E-state index contributed by atoms with van der Waals surface area (Å²) in [6.07, 6.45) is 4.06. The second-order valence-electron chi connectivity index (χ2n) is 8.18. The number of aliphatic hydroxyl groups excluding tert-OH is 1. The second-order valence-corrected chi connectivity index (χ2v) is 8.56. The quantitative estimate of drug-likeness (QED) is 0.379. The Balaban J connectivity index is 1.40. The van der Waals surface area contributed by atoms with Crippen LogP contribution in [0.25, 0.3) is 27.8 Å². The van der Waals surface area contributed by atoms with E-state index < -0.39 is 30.2 Å². The summed E-state index contributed by atoms with van der Waals surface area (Å²) < 4.78 is 41.5. The van der Waals surface area contributed by atoms with Crippen LogP contribution in [0, 0.1) is 11.7 Å². The molecule has 4 aromatic rings. The Morgan fingerprint density at radius 3 is 2.91 bits per heavy atom. The summed E-state index contributed by atoms with van der Waals surface area (Å²) in [6.45, 7) is 1.02. The molecule has 0 bridgehead atoms. The van der Waals surface area contributed by atoms with Crippen LogP contribution in [0.1, 0.15) is 18.1 Å². The maximum Gasteiger partial charge on any atom is 0.157 e. The van der Waals surface area contributed by atoms with Crippen molar-refractivity contribution in [3.05, 3.63) is 41.2 Å². The lowest BCUT2D eigenvalue weighted by molar-refractivity contribution is -0.0907. The average Bonchev–Trinajstić information content (AvgIpc) is 3.18. The van der Waals surface area contributed by atoms with Crippen LogP contribution in [0.4, 0.5) is 14.6 Å². The molecule has 1 saturated carbocycles. The van der Waals surface area contributed by atoms with Gasteiger partial charge in [-0.2, -0.15) is 5.10 Å². The molecule has 1 aromatic carbocycles. The van der Waals surface area contributed by atoms with E-state index in [1.54, 1.807) is 23.0 Å². The van der Waals surface area contributed by atoms with Crippen LogP contribution < -0.4 is 5.32 Å². The lowest BCUT2D eigenvalue weighted by Crippen LogP contribution is -2.23. The molecule has 9 nitrogen and oxygen atoms in total. The van der Waals surface area contributed by atoms with Crippen molar-refractivity contribution >= 4 is 34.0 Å². The van der Waals surface area contributed by atoms with E-state index in [2.05, 4.69) is 25.5 Å². The number of H-pyrrole nitrogens is 1. The molecule has 3 aromatic heterocycles. The summed E-state index contributed by atoms with van der Waals surface area (Å²) in [7, 11) is 0. The maximum atomic E-state index is 15.5. The minimum atomic E-state index is -1.02. The van der Waals surface area contributed by atoms with Gasteiger partial charge in [0.25, 0.3) is 0 Å². The smallest absolute Gasteiger partial charge is 0.157 e. The molecule has 1 aliphatic carbocycles. The molecule has 4 atom stereocenters. The predicted molar refractivity (Wildman–Crippen MR) is 115 cm³/mol. The fourth-order valence-electron chi connectivity index (χ4n) is 4.21. The van der Waals surface area contributed by atoms with E-state index in [1.165, 1.54) is 6.20 Å². The molecule has 2 unspecified atom stereocenters. The molecule has 1 aliphatic heterocycles. The summed E-state index contributed by atoms with van der Waals surface area (Å²) >= 11 is 6.51. The zero-order chi connectivity index (χ0) is 22.7. The van der Waals surface area contributed by atoms with E-state index in [9.17, 15) is 9.50 Å². The Hall–Kier alpha value is -2.86. The topological polar surface area (TPSA) is 110 Å². The first-order valence-electron chi connectivity index (χ1n) is 10.5. The van der Waals surface area contributed by atoms with Crippen molar-refractivity contribution in [2.75, 3.05) is 25.1 Å². The highest BCUT2D eigenvalue weighted by molar-refractivity contribution is 6.35. The lowest BCUT2D eigenvalue weighted by Gasteiger charge is -2.25. The van der Waals surface area contributed by atoms with E-state index in [4.69, 9.17) is 21.1 Å². The minimum Gasteiger partial charge on any atom is -0.376 e. The fraction of sp³-hybridized carbons (Fsp3) is 0.381. The van der Waals surface area contributed by atoms with Gasteiger partial charge in [-0.05, 0) is 6.42 Å². The van der Waals surface area contributed by atoms with E-state index in [-0.39, 0.29) is 17.2 Å². The first-order chi connectivity index (χ1) is 16.0. The van der Waals surface area contributed by atoms with Crippen molar-refractivity contribution in [1.82, 2.24) is 24.6 Å². The number of hydrogen-bond acceptors (Lipinski definition) is 7. The number of ether oxygens (including phenoxy) is 2. The van der Waals surface area contributed by atoms with E-state index >= 15 is 4.39 Å². The van der Waals surface area contributed by atoms with Gasteiger partial charge in [0.05, 0.1) is 54.6 Å². The molecular weight excluding hydrogens is 458 g/mol. The van der Waals surface area contributed by atoms with Crippen LogP contribution in [-0.4, -0.2) is 61.9 Å². The minimum absolute atomic E-state index is 0.100. The molecule has 172 valence electrons. The van der Waals surface area contributed by atoms with Crippen LogP contribution in [0.2, 0.25) is 5.02 Å². The number of nitrogens with zero attached hydrogens (tertiary/aromatic N) is 4. The molecule has 0 amide bonds. The van der Waals surface area contributed by atoms with Gasteiger partial charge in [0.15, 0.2) is 11.5 Å². The second kappa shape index (κ2) is 7.87. The third kappa shape index (κ3) is 3.52. The van der Waals surface area contributed by atoms with Gasteiger partial charge in [0.2, 0.25) is 0 Å². The van der Waals surface area contributed by atoms with Gasteiger partial charge in [-0.3, -0.25) is 10.1 Å². The molecule has 0 radical (unpaired) electrons. The summed E-state index contributed by atoms with van der Waals surface area (Å²) in [5.41, 5.74) is 2.00. The molecule has 12 heteroatoms. The van der Waals surface area contributed by atoms with Crippen molar-refractivity contribution in [1.29, 1.82) is 0 Å². The van der Waals surface area contributed by atoms with E-state index in [1.807, 2.05) is 0 Å². The lowest BCUT2D eigenvalue weighted by atomic mass is 9.99. The first-order valence-corrected chi connectivity index (χ1v) is 10.9. The Bertz CT molecular complexity index is 1360. The van der Waals surface area contributed by atoms with Crippen molar-refractivity contribution in [3.63, 3.8) is 0 Å². The highest BCUT2D eigenvalue weighted by Crippen LogP contribution is 2.41. The molecule has 3 N–H and O–H groups in total. The van der Waals surface area contributed by atoms with Crippen LogP contribution >= 0.6 is 11.6 Å². The standard InChI is InChI=1S/C21H19ClF2N6O3/c22-18-16(10-4-26-29-20(10)17(19(18)24)13-8-32-1-2-33-13)12-6-30-7-14(27-15(30)5-25-12)28-21(31)9-3-11(9)23/h4-7,9,11,13,21,28,31H,1-3,8H2,(H,26,29)/t9-,11+,13?,21?/m1/s1. The number of hydrogen-bond donors (Lipinski definition) is 3. The Morgan fingerprint density at radius 2 is 2.15 bits per heavy atom. The molecule has 6 rings (SSSR count). The van der Waals surface area contributed by atoms with Gasteiger partial charge in [-0.25, -0.2) is 13.8 Å². The number of imidazole rings is 1. The average molecular weight is 477 g/mol. The summed E-state index contributed by atoms with van der Waals surface area (Å²) in [4.78, 5) is 8.76. The number of fused-ring (bicyclic) bond motifs is 2. The largest absolute Gasteiger partial charge is 0.376 e. The summed E-state index contributed by atoms with van der Waals surface area (Å²) in [6, 6.07) is 0. The molecule has 2 aliphatic rings. The number of rotatable bonds is 5. The number of aromatic amines is 1. The van der Waals surface area contributed by atoms with E-state index in [0.29, 0.717) is 53.3 Å². The molecule has 1 saturated heterocycles. The molecule has 4 heterocycles. The van der Waals surface area contributed by atoms with Crippen molar-refractivity contribution in [3.8, 4) is 11.3 Å². The number of aliphatic hydroxyl groups is 1. The molecule has 2 fully saturated rings.